The first-order valence-electron chi connectivity index (χ1n) is 6.03. The predicted octanol–water partition coefficient (Wildman–Crippen LogP) is 3.96. The highest BCUT2D eigenvalue weighted by molar-refractivity contribution is 9.10. The molecule has 0 radical (unpaired) electrons. The van der Waals surface area contributed by atoms with Crippen molar-refractivity contribution in [3.8, 4) is 0 Å². The maximum Gasteiger partial charge on any atom is 0.253 e. The first-order valence-corrected chi connectivity index (χ1v) is 7.20. The topological polar surface area (TPSA) is 46.3 Å². The second-order valence-electron chi connectivity index (χ2n) is 4.49. The van der Waals surface area contributed by atoms with Crippen LogP contribution in [0.4, 0.5) is 5.69 Å². The van der Waals surface area contributed by atoms with Crippen molar-refractivity contribution in [3.63, 3.8) is 0 Å². The van der Waals surface area contributed by atoms with Gasteiger partial charge in [0.2, 0.25) is 0 Å². The van der Waals surface area contributed by atoms with Crippen LogP contribution in [0.2, 0.25) is 5.02 Å². The number of hydrogen-bond donors (Lipinski definition) is 1. The summed E-state index contributed by atoms with van der Waals surface area (Å²) in [6.07, 6.45) is 0. The summed E-state index contributed by atoms with van der Waals surface area (Å²) in [4.78, 5) is 14.0. The van der Waals surface area contributed by atoms with E-state index in [9.17, 15) is 4.79 Å². The molecule has 1 amide bonds. The molecule has 0 spiro atoms. The predicted molar refractivity (Wildman–Crippen MR) is 85.8 cm³/mol. The Labute approximate surface area is 131 Å². The summed E-state index contributed by atoms with van der Waals surface area (Å²) in [7, 11) is 1.74. The Morgan fingerprint density at radius 1 is 1.30 bits per heavy atom. The van der Waals surface area contributed by atoms with Crippen molar-refractivity contribution in [1.29, 1.82) is 0 Å². The average molecular weight is 354 g/mol. The fraction of sp³-hybridized carbons (Fsp3) is 0.133. The summed E-state index contributed by atoms with van der Waals surface area (Å²) in [5, 5.41) is 0.517. The van der Waals surface area contributed by atoms with E-state index >= 15 is 0 Å². The van der Waals surface area contributed by atoms with Gasteiger partial charge >= 0.3 is 0 Å². The van der Waals surface area contributed by atoms with Gasteiger partial charge in [-0.05, 0) is 45.8 Å². The number of hydrogen-bond acceptors (Lipinski definition) is 2. The van der Waals surface area contributed by atoms with Crippen LogP contribution in [0.15, 0.2) is 46.9 Å². The van der Waals surface area contributed by atoms with Crippen LogP contribution in [0.5, 0.6) is 0 Å². The van der Waals surface area contributed by atoms with Crippen LogP contribution in [-0.4, -0.2) is 17.9 Å². The molecule has 2 aromatic carbocycles. The lowest BCUT2D eigenvalue weighted by atomic mass is 10.1. The molecule has 2 aromatic rings. The van der Waals surface area contributed by atoms with E-state index < -0.39 is 0 Å². The quantitative estimate of drug-likeness (QED) is 0.849. The van der Waals surface area contributed by atoms with Crippen LogP contribution in [0.3, 0.4) is 0 Å². The molecule has 0 atom stereocenters. The number of nitrogen functional groups attached to an aromatic ring is 1. The fourth-order valence-electron chi connectivity index (χ4n) is 1.86. The fourth-order valence-corrected chi connectivity index (χ4v) is 2.28. The summed E-state index contributed by atoms with van der Waals surface area (Å²) in [5.74, 6) is -0.0948. The van der Waals surface area contributed by atoms with E-state index in [4.69, 9.17) is 17.3 Å². The average Bonchev–Trinajstić information content (AvgIpc) is 2.43. The van der Waals surface area contributed by atoms with Crippen LogP contribution in [0.25, 0.3) is 0 Å². The van der Waals surface area contributed by atoms with Crippen LogP contribution in [-0.2, 0) is 6.54 Å². The third kappa shape index (κ3) is 3.32. The summed E-state index contributed by atoms with van der Waals surface area (Å²) in [6.45, 7) is 0.458. The smallest absolute Gasteiger partial charge is 0.253 e. The normalized spacial score (nSPS) is 10.3. The van der Waals surface area contributed by atoms with Gasteiger partial charge in [-0.25, -0.2) is 0 Å². The number of carbonyl (C=O) groups excluding carboxylic acids is 1. The second kappa shape index (κ2) is 6.29. The zero-order valence-electron chi connectivity index (χ0n) is 10.9. The molecule has 0 heterocycles. The van der Waals surface area contributed by atoms with Crippen molar-refractivity contribution in [1.82, 2.24) is 4.90 Å². The molecule has 20 heavy (non-hydrogen) atoms. The van der Waals surface area contributed by atoms with E-state index in [0.29, 0.717) is 22.8 Å². The summed E-state index contributed by atoms with van der Waals surface area (Å²) in [6, 6.07) is 12.7. The second-order valence-corrected chi connectivity index (χ2v) is 5.75. The van der Waals surface area contributed by atoms with Gasteiger partial charge in [0.05, 0.1) is 5.02 Å². The highest BCUT2D eigenvalue weighted by Crippen LogP contribution is 2.24. The van der Waals surface area contributed by atoms with Crippen LogP contribution < -0.4 is 5.73 Å². The van der Waals surface area contributed by atoms with Crippen molar-refractivity contribution in [3.05, 3.63) is 63.1 Å². The van der Waals surface area contributed by atoms with Crippen molar-refractivity contribution in [2.24, 2.45) is 0 Å². The van der Waals surface area contributed by atoms with Gasteiger partial charge in [0.1, 0.15) is 0 Å². The largest absolute Gasteiger partial charge is 0.398 e. The van der Waals surface area contributed by atoms with Crippen molar-refractivity contribution < 1.29 is 4.79 Å². The minimum atomic E-state index is -0.0948. The molecule has 0 unspecified atom stereocenters. The lowest BCUT2D eigenvalue weighted by Gasteiger charge is -2.18. The number of anilines is 1. The monoisotopic (exact) mass is 352 g/mol. The third-order valence-electron chi connectivity index (χ3n) is 2.98. The Hall–Kier alpha value is -1.52. The van der Waals surface area contributed by atoms with E-state index in [2.05, 4.69) is 15.9 Å². The number of carbonyl (C=O) groups is 1. The maximum atomic E-state index is 12.3. The van der Waals surface area contributed by atoms with Gasteiger partial charge < -0.3 is 10.6 Å². The van der Waals surface area contributed by atoms with Gasteiger partial charge in [-0.2, -0.15) is 0 Å². The van der Waals surface area contributed by atoms with Crippen molar-refractivity contribution >= 4 is 39.1 Å². The Morgan fingerprint density at radius 3 is 2.65 bits per heavy atom. The lowest BCUT2D eigenvalue weighted by Crippen LogP contribution is -2.26. The number of rotatable bonds is 3. The van der Waals surface area contributed by atoms with E-state index in [-0.39, 0.29) is 5.91 Å². The zero-order valence-corrected chi connectivity index (χ0v) is 13.3. The first-order chi connectivity index (χ1) is 9.49. The molecule has 0 aromatic heterocycles. The van der Waals surface area contributed by atoms with Crippen molar-refractivity contribution in [2.45, 2.75) is 6.54 Å². The molecule has 0 saturated heterocycles. The summed E-state index contributed by atoms with van der Waals surface area (Å²) >= 11 is 9.32. The highest BCUT2D eigenvalue weighted by Gasteiger charge is 2.14. The minimum absolute atomic E-state index is 0.0948. The number of nitrogens with zero attached hydrogens (tertiary/aromatic N) is 1. The SMILES string of the molecule is CN(Cc1ccccc1N)C(=O)c1ccc(Br)c(Cl)c1. The molecule has 0 aliphatic heterocycles. The summed E-state index contributed by atoms with van der Waals surface area (Å²) < 4.78 is 0.769. The van der Waals surface area contributed by atoms with Gasteiger partial charge in [-0.3, -0.25) is 4.79 Å². The van der Waals surface area contributed by atoms with Crippen LogP contribution >= 0.6 is 27.5 Å². The molecule has 2 rings (SSSR count). The van der Waals surface area contributed by atoms with E-state index in [1.54, 1.807) is 30.1 Å². The van der Waals surface area contributed by atoms with Crippen molar-refractivity contribution in [2.75, 3.05) is 12.8 Å². The third-order valence-corrected chi connectivity index (χ3v) is 4.21. The Kier molecular flexibility index (Phi) is 4.68. The van der Waals surface area contributed by atoms with E-state index in [1.165, 1.54) is 0 Å². The van der Waals surface area contributed by atoms with Crippen LogP contribution in [0, 0.1) is 0 Å². The van der Waals surface area contributed by atoms with Gasteiger partial charge in [-0.1, -0.05) is 29.8 Å². The molecule has 2 N–H and O–H groups in total. The molecule has 5 heteroatoms. The molecular formula is C15H14BrClN2O. The van der Waals surface area contributed by atoms with Crippen LogP contribution in [0.1, 0.15) is 15.9 Å². The molecule has 0 fully saturated rings. The highest BCUT2D eigenvalue weighted by atomic mass is 79.9. The lowest BCUT2D eigenvalue weighted by molar-refractivity contribution is 0.0785. The van der Waals surface area contributed by atoms with Gasteiger partial charge in [0, 0.05) is 29.3 Å². The Bertz CT molecular complexity index is 646. The number of nitrogens with two attached hydrogens (primary N) is 1. The molecular weight excluding hydrogens is 340 g/mol. The van der Waals surface area contributed by atoms with Gasteiger partial charge in [0.25, 0.3) is 5.91 Å². The first kappa shape index (κ1) is 14.9. The molecule has 0 bridgehead atoms. The molecule has 0 aliphatic rings. The zero-order chi connectivity index (χ0) is 14.7. The van der Waals surface area contributed by atoms with Gasteiger partial charge in [0.15, 0.2) is 0 Å². The number of halogens is 2. The molecule has 0 saturated carbocycles. The number of amides is 1. The summed E-state index contributed by atoms with van der Waals surface area (Å²) in [5.41, 5.74) is 8.04. The Balaban J connectivity index is 2.16. The molecule has 104 valence electrons. The minimum Gasteiger partial charge on any atom is -0.398 e. The molecule has 0 aliphatic carbocycles. The standard InChI is InChI=1S/C15H14BrClN2O/c1-19(9-11-4-2-3-5-14(11)18)15(20)10-6-7-12(16)13(17)8-10/h2-8H,9,18H2,1H3. The maximum absolute atomic E-state index is 12.3. The van der Waals surface area contributed by atoms with Gasteiger partial charge in [-0.15, -0.1) is 0 Å². The van der Waals surface area contributed by atoms with E-state index in [0.717, 1.165) is 10.0 Å². The molecule has 3 nitrogen and oxygen atoms in total. The number of para-hydroxylation sites is 1. The van der Waals surface area contributed by atoms with E-state index in [1.807, 2.05) is 24.3 Å². The number of benzene rings is 2. The Morgan fingerprint density at radius 2 is 2.00 bits per heavy atom.